The molecule has 1 unspecified atom stereocenters. The number of carbonyl (C=O) groups excluding carboxylic acids is 1. The minimum Gasteiger partial charge on any atom is -0.487 e. The number of rotatable bonds is 6. The number of aromatic nitrogens is 1. The van der Waals surface area contributed by atoms with Crippen LogP contribution in [-0.4, -0.2) is 23.8 Å². The zero-order chi connectivity index (χ0) is 16.8. The normalized spacial score (nSPS) is 17.5. The smallest absolute Gasteiger partial charge is 0.275 e. The van der Waals surface area contributed by atoms with Gasteiger partial charge >= 0.3 is 0 Å². The molecule has 7 heteroatoms. The van der Waals surface area contributed by atoms with Gasteiger partial charge in [0.15, 0.2) is 6.29 Å². The molecule has 1 fully saturated rings. The molecule has 6 nitrogen and oxygen atoms in total. The van der Waals surface area contributed by atoms with E-state index in [1.807, 2.05) is 12.3 Å². The molecule has 128 valence electrons. The van der Waals surface area contributed by atoms with Gasteiger partial charge in [-0.05, 0) is 38.0 Å². The standard InChI is InChI=1S/C17H20N2O4S/c1-12-18-14(11-24-12)10-22-15-6-4-5-13(9-15)17(20)19-23-16-7-2-3-8-21-16/h4-6,9,11,16H,2-3,7-8,10H2,1H3,(H,19,20). The highest BCUT2D eigenvalue weighted by molar-refractivity contribution is 7.09. The quantitative estimate of drug-likeness (QED) is 0.812. The number of carbonyl (C=O) groups is 1. The molecule has 0 radical (unpaired) electrons. The fourth-order valence-corrected chi connectivity index (χ4v) is 2.94. The number of aryl methyl sites for hydroxylation is 1. The second-order valence-corrected chi connectivity index (χ2v) is 6.58. The number of nitrogens with zero attached hydrogens (tertiary/aromatic N) is 1. The van der Waals surface area contributed by atoms with Gasteiger partial charge in [-0.1, -0.05) is 6.07 Å². The molecular weight excluding hydrogens is 328 g/mol. The second kappa shape index (κ2) is 8.23. The predicted octanol–water partition coefficient (Wildman–Crippen LogP) is 3.22. The summed E-state index contributed by atoms with van der Waals surface area (Å²) in [7, 11) is 0. The Hall–Kier alpha value is -1.96. The van der Waals surface area contributed by atoms with E-state index in [0.29, 0.717) is 24.5 Å². The van der Waals surface area contributed by atoms with E-state index < -0.39 is 0 Å². The summed E-state index contributed by atoms with van der Waals surface area (Å²) in [6, 6.07) is 6.97. The molecule has 0 bridgehead atoms. The minimum atomic E-state index is -0.366. The van der Waals surface area contributed by atoms with Gasteiger partial charge in [0, 0.05) is 24.0 Å². The fraction of sp³-hybridized carbons (Fsp3) is 0.412. The molecule has 1 aromatic heterocycles. The van der Waals surface area contributed by atoms with Gasteiger partial charge in [0.25, 0.3) is 5.91 Å². The van der Waals surface area contributed by atoms with Crippen LogP contribution in [0.5, 0.6) is 5.75 Å². The molecule has 1 N–H and O–H groups in total. The summed E-state index contributed by atoms with van der Waals surface area (Å²) in [6.45, 7) is 3.00. The van der Waals surface area contributed by atoms with Crippen LogP contribution < -0.4 is 10.2 Å². The molecule has 1 amide bonds. The zero-order valence-corrected chi connectivity index (χ0v) is 14.3. The first-order valence-electron chi connectivity index (χ1n) is 7.92. The third kappa shape index (κ3) is 4.77. The van der Waals surface area contributed by atoms with Crippen molar-refractivity contribution in [3.05, 3.63) is 45.9 Å². The summed E-state index contributed by atoms with van der Waals surface area (Å²) in [5.41, 5.74) is 3.79. The lowest BCUT2D eigenvalue weighted by Gasteiger charge is -2.22. The summed E-state index contributed by atoms with van der Waals surface area (Å²) in [4.78, 5) is 21.8. The number of hydrogen-bond acceptors (Lipinski definition) is 6. The summed E-state index contributed by atoms with van der Waals surface area (Å²) >= 11 is 1.58. The van der Waals surface area contributed by atoms with Gasteiger partial charge < -0.3 is 9.47 Å². The number of nitrogens with one attached hydrogen (secondary N) is 1. The summed E-state index contributed by atoms with van der Waals surface area (Å²) < 4.78 is 11.1. The first kappa shape index (κ1) is 16.9. The van der Waals surface area contributed by atoms with E-state index in [4.69, 9.17) is 14.3 Å². The Kier molecular flexibility index (Phi) is 5.79. The first-order valence-corrected chi connectivity index (χ1v) is 8.80. The summed E-state index contributed by atoms with van der Waals surface area (Å²) in [5.74, 6) is 0.293. The van der Waals surface area contributed by atoms with Crippen LogP contribution in [0.2, 0.25) is 0 Å². The Balaban J connectivity index is 1.52. The van der Waals surface area contributed by atoms with Gasteiger partial charge in [0.1, 0.15) is 12.4 Å². The van der Waals surface area contributed by atoms with Crippen molar-refractivity contribution in [2.24, 2.45) is 0 Å². The van der Waals surface area contributed by atoms with Crippen LogP contribution in [-0.2, 0) is 16.2 Å². The van der Waals surface area contributed by atoms with E-state index in [0.717, 1.165) is 30.0 Å². The van der Waals surface area contributed by atoms with E-state index in [1.165, 1.54) is 0 Å². The van der Waals surface area contributed by atoms with Crippen LogP contribution >= 0.6 is 11.3 Å². The highest BCUT2D eigenvalue weighted by Gasteiger charge is 2.16. The second-order valence-electron chi connectivity index (χ2n) is 5.52. The number of thiazole rings is 1. The van der Waals surface area contributed by atoms with Gasteiger partial charge in [-0.2, -0.15) is 0 Å². The third-order valence-corrected chi connectivity index (χ3v) is 4.39. The maximum Gasteiger partial charge on any atom is 0.275 e. The lowest BCUT2D eigenvalue weighted by atomic mass is 10.2. The van der Waals surface area contributed by atoms with Crippen molar-refractivity contribution < 1.29 is 19.1 Å². The van der Waals surface area contributed by atoms with Gasteiger partial charge in [-0.15, -0.1) is 11.3 Å². The Morgan fingerprint density at radius 3 is 3.12 bits per heavy atom. The molecule has 1 atom stereocenters. The van der Waals surface area contributed by atoms with Gasteiger partial charge in [-0.25, -0.2) is 15.3 Å². The van der Waals surface area contributed by atoms with Crippen molar-refractivity contribution in [3.8, 4) is 5.75 Å². The number of benzene rings is 1. The Labute approximate surface area is 144 Å². The van der Waals surface area contributed by atoms with E-state index >= 15 is 0 Å². The molecule has 2 heterocycles. The topological polar surface area (TPSA) is 69.7 Å². The average molecular weight is 348 g/mol. The molecule has 0 spiro atoms. The van der Waals surface area contributed by atoms with Crippen molar-refractivity contribution in [1.29, 1.82) is 0 Å². The zero-order valence-electron chi connectivity index (χ0n) is 13.5. The van der Waals surface area contributed by atoms with Gasteiger partial charge in [0.2, 0.25) is 0 Å². The SMILES string of the molecule is Cc1nc(COc2cccc(C(=O)NOC3CCCCO3)c2)cs1. The van der Waals surface area contributed by atoms with Crippen LogP contribution in [0.4, 0.5) is 0 Å². The Bertz CT molecular complexity index is 683. The molecule has 0 saturated carbocycles. The van der Waals surface area contributed by atoms with E-state index in [-0.39, 0.29) is 12.2 Å². The highest BCUT2D eigenvalue weighted by atomic mass is 32.1. The summed E-state index contributed by atoms with van der Waals surface area (Å²) in [6.07, 6.45) is 2.50. The largest absolute Gasteiger partial charge is 0.487 e. The van der Waals surface area contributed by atoms with Crippen LogP contribution in [0.3, 0.4) is 0 Å². The molecule has 1 aliphatic rings. The van der Waals surface area contributed by atoms with Crippen molar-refractivity contribution in [1.82, 2.24) is 10.5 Å². The first-order chi connectivity index (χ1) is 11.7. The minimum absolute atomic E-state index is 0.320. The molecule has 3 rings (SSSR count). The highest BCUT2D eigenvalue weighted by Crippen LogP contribution is 2.17. The number of hydrogen-bond donors (Lipinski definition) is 1. The molecule has 24 heavy (non-hydrogen) atoms. The molecule has 1 saturated heterocycles. The maximum atomic E-state index is 12.2. The number of amides is 1. The predicted molar refractivity (Wildman–Crippen MR) is 89.8 cm³/mol. The molecule has 2 aromatic rings. The molecular formula is C17H20N2O4S. The van der Waals surface area contributed by atoms with Crippen LogP contribution in [0, 0.1) is 6.92 Å². The van der Waals surface area contributed by atoms with Crippen molar-refractivity contribution in [2.75, 3.05) is 6.61 Å². The maximum absolute atomic E-state index is 12.2. The fourth-order valence-electron chi connectivity index (χ4n) is 2.34. The monoisotopic (exact) mass is 348 g/mol. The van der Waals surface area contributed by atoms with Crippen molar-refractivity contribution in [3.63, 3.8) is 0 Å². The van der Waals surface area contributed by atoms with Crippen molar-refractivity contribution in [2.45, 2.75) is 39.1 Å². The molecule has 0 aliphatic carbocycles. The number of ether oxygens (including phenoxy) is 2. The van der Waals surface area contributed by atoms with Crippen LogP contribution in [0.1, 0.15) is 40.3 Å². The van der Waals surface area contributed by atoms with E-state index in [9.17, 15) is 4.79 Å². The summed E-state index contributed by atoms with van der Waals surface area (Å²) in [5, 5.41) is 2.97. The lowest BCUT2D eigenvalue weighted by Crippen LogP contribution is -2.33. The Morgan fingerprint density at radius 1 is 1.46 bits per heavy atom. The van der Waals surface area contributed by atoms with Gasteiger partial charge in [0.05, 0.1) is 10.7 Å². The van der Waals surface area contributed by atoms with Crippen molar-refractivity contribution >= 4 is 17.2 Å². The number of hydroxylamine groups is 1. The lowest BCUT2D eigenvalue weighted by molar-refractivity contribution is -0.186. The molecule has 1 aromatic carbocycles. The van der Waals surface area contributed by atoms with Crippen LogP contribution in [0.25, 0.3) is 0 Å². The average Bonchev–Trinajstić information content (AvgIpc) is 3.04. The molecule has 1 aliphatic heterocycles. The third-order valence-electron chi connectivity index (χ3n) is 3.57. The van der Waals surface area contributed by atoms with E-state index in [1.54, 1.807) is 35.6 Å². The van der Waals surface area contributed by atoms with Crippen LogP contribution in [0.15, 0.2) is 29.6 Å². The Morgan fingerprint density at radius 2 is 2.38 bits per heavy atom. The van der Waals surface area contributed by atoms with Gasteiger partial charge in [-0.3, -0.25) is 4.79 Å². The van der Waals surface area contributed by atoms with E-state index in [2.05, 4.69) is 10.5 Å².